The molecule has 20 heavy (non-hydrogen) atoms. The lowest BCUT2D eigenvalue weighted by Crippen LogP contribution is -2.54. The van der Waals surface area contributed by atoms with E-state index in [1.165, 1.54) is 19.2 Å². The molecule has 1 saturated heterocycles. The van der Waals surface area contributed by atoms with Crippen LogP contribution in [0.25, 0.3) is 0 Å². The first-order chi connectivity index (χ1) is 9.49. The second-order valence-corrected chi connectivity index (χ2v) is 5.07. The van der Waals surface area contributed by atoms with Crippen LogP contribution in [0.2, 0.25) is 0 Å². The lowest BCUT2D eigenvalue weighted by molar-refractivity contribution is -0.154. The van der Waals surface area contributed by atoms with E-state index in [0.717, 1.165) is 12.5 Å². The lowest BCUT2D eigenvalue weighted by Gasteiger charge is -2.32. The van der Waals surface area contributed by atoms with Crippen LogP contribution in [0.4, 0.5) is 8.78 Å². The highest BCUT2D eigenvalue weighted by Crippen LogP contribution is 2.28. The molecule has 1 fully saturated rings. The van der Waals surface area contributed by atoms with E-state index in [2.05, 4.69) is 5.43 Å². The van der Waals surface area contributed by atoms with Crippen molar-refractivity contribution in [1.29, 1.82) is 0 Å². The Kier molecular flexibility index (Phi) is 4.35. The summed E-state index contributed by atoms with van der Waals surface area (Å²) in [6, 6.07) is 4.04. The molecule has 0 saturated carbocycles. The Balaban J connectivity index is 2.07. The maximum absolute atomic E-state index is 13.6. The summed E-state index contributed by atoms with van der Waals surface area (Å²) in [4.78, 5) is 11.8. The SMILES string of the molecule is COC(=O)[C@@]1(C)CCCN1NCc1cccc(F)c1F. The zero-order chi connectivity index (χ0) is 14.8. The van der Waals surface area contributed by atoms with Crippen LogP contribution in [0, 0.1) is 11.6 Å². The van der Waals surface area contributed by atoms with Crippen molar-refractivity contribution in [1.82, 2.24) is 10.4 Å². The third-order valence-corrected chi connectivity index (χ3v) is 3.76. The van der Waals surface area contributed by atoms with E-state index >= 15 is 0 Å². The minimum atomic E-state index is -0.874. The predicted octanol–water partition coefficient (Wildman–Crippen LogP) is 2.00. The number of hydrazine groups is 1. The molecule has 1 aromatic carbocycles. The molecule has 1 aliphatic rings. The summed E-state index contributed by atoms with van der Waals surface area (Å²) in [7, 11) is 1.34. The standard InChI is InChI=1S/C14H18F2N2O2/c1-14(13(19)20-2)7-4-8-18(14)17-9-10-5-3-6-11(15)12(10)16/h3,5-6,17H,4,7-9H2,1-2H3/t14-/m1/s1. The number of esters is 1. The molecular weight excluding hydrogens is 266 g/mol. The van der Waals surface area contributed by atoms with Crippen LogP contribution in [-0.2, 0) is 16.1 Å². The zero-order valence-electron chi connectivity index (χ0n) is 11.6. The maximum atomic E-state index is 13.6. The van der Waals surface area contributed by atoms with E-state index in [1.54, 1.807) is 11.9 Å². The van der Waals surface area contributed by atoms with Crippen LogP contribution in [0.1, 0.15) is 25.3 Å². The second-order valence-electron chi connectivity index (χ2n) is 5.07. The van der Waals surface area contributed by atoms with Gasteiger partial charge in [-0.15, -0.1) is 0 Å². The Morgan fingerprint density at radius 3 is 2.95 bits per heavy atom. The summed E-state index contributed by atoms with van der Waals surface area (Å²) in [6.45, 7) is 2.56. The highest BCUT2D eigenvalue weighted by atomic mass is 19.2. The number of methoxy groups -OCH3 is 1. The minimum Gasteiger partial charge on any atom is -0.468 e. The third kappa shape index (κ3) is 2.66. The van der Waals surface area contributed by atoms with E-state index < -0.39 is 17.2 Å². The van der Waals surface area contributed by atoms with Crippen LogP contribution < -0.4 is 5.43 Å². The Hall–Kier alpha value is -1.53. The van der Waals surface area contributed by atoms with E-state index in [9.17, 15) is 13.6 Å². The summed E-state index contributed by atoms with van der Waals surface area (Å²) in [5.74, 6) is -2.07. The van der Waals surface area contributed by atoms with E-state index in [-0.39, 0.29) is 18.1 Å². The van der Waals surface area contributed by atoms with Gasteiger partial charge in [0, 0.05) is 18.7 Å². The molecule has 0 aromatic heterocycles. The number of nitrogens with one attached hydrogen (secondary N) is 1. The molecule has 2 rings (SSSR count). The number of ether oxygens (including phenoxy) is 1. The number of carbonyl (C=O) groups is 1. The van der Waals surface area contributed by atoms with Gasteiger partial charge < -0.3 is 4.74 Å². The molecule has 0 spiro atoms. The van der Waals surface area contributed by atoms with Crippen molar-refractivity contribution >= 4 is 5.97 Å². The van der Waals surface area contributed by atoms with Gasteiger partial charge in [-0.1, -0.05) is 12.1 Å². The van der Waals surface area contributed by atoms with E-state index in [0.29, 0.717) is 13.0 Å². The van der Waals surface area contributed by atoms with Crippen LogP contribution in [-0.4, -0.2) is 30.2 Å². The molecule has 0 amide bonds. The van der Waals surface area contributed by atoms with Crippen LogP contribution in [0.3, 0.4) is 0 Å². The topological polar surface area (TPSA) is 41.6 Å². The third-order valence-electron chi connectivity index (χ3n) is 3.76. The Morgan fingerprint density at radius 1 is 1.50 bits per heavy atom. The molecule has 0 aliphatic carbocycles. The van der Waals surface area contributed by atoms with Gasteiger partial charge >= 0.3 is 5.97 Å². The number of hydrogen-bond acceptors (Lipinski definition) is 4. The lowest BCUT2D eigenvalue weighted by atomic mass is 10.0. The van der Waals surface area contributed by atoms with Crippen LogP contribution in [0.15, 0.2) is 18.2 Å². The Bertz CT molecular complexity index is 510. The largest absolute Gasteiger partial charge is 0.468 e. The summed E-state index contributed by atoms with van der Waals surface area (Å²) < 4.78 is 31.5. The summed E-state index contributed by atoms with van der Waals surface area (Å²) >= 11 is 0. The van der Waals surface area contributed by atoms with Crippen LogP contribution >= 0.6 is 0 Å². The van der Waals surface area contributed by atoms with Gasteiger partial charge in [0.15, 0.2) is 11.6 Å². The monoisotopic (exact) mass is 284 g/mol. The first-order valence-corrected chi connectivity index (χ1v) is 6.51. The van der Waals surface area contributed by atoms with Crippen LogP contribution in [0.5, 0.6) is 0 Å². The fraction of sp³-hybridized carbons (Fsp3) is 0.500. The number of carbonyl (C=O) groups excluding carboxylic acids is 1. The first-order valence-electron chi connectivity index (χ1n) is 6.51. The quantitative estimate of drug-likeness (QED) is 0.859. The van der Waals surface area contributed by atoms with E-state index in [4.69, 9.17) is 4.74 Å². The fourth-order valence-electron chi connectivity index (χ4n) is 2.51. The molecule has 1 atom stereocenters. The van der Waals surface area contributed by atoms with Crippen molar-refractivity contribution in [3.05, 3.63) is 35.4 Å². The average molecular weight is 284 g/mol. The molecule has 1 heterocycles. The summed E-state index contributed by atoms with van der Waals surface area (Å²) in [5.41, 5.74) is 2.46. The molecule has 6 heteroatoms. The minimum absolute atomic E-state index is 0.121. The number of nitrogens with zero attached hydrogens (tertiary/aromatic N) is 1. The average Bonchev–Trinajstić information content (AvgIpc) is 2.82. The molecule has 0 radical (unpaired) electrons. The highest BCUT2D eigenvalue weighted by molar-refractivity contribution is 5.80. The van der Waals surface area contributed by atoms with Crippen molar-refractivity contribution in [3.8, 4) is 0 Å². The Labute approximate surface area is 116 Å². The van der Waals surface area contributed by atoms with Crippen molar-refractivity contribution in [2.24, 2.45) is 0 Å². The van der Waals surface area contributed by atoms with Crippen molar-refractivity contribution in [3.63, 3.8) is 0 Å². The molecule has 110 valence electrons. The second kappa shape index (κ2) is 5.85. The van der Waals surface area contributed by atoms with Gasteiger partial charge in [0.25, 0.3) is 0 Å². The van der Waals surface area contributed by atoms with Crippen molar-refractivity contribution in [2.75, 3.05) is 13.7 Å². The van der Waals surface area contributed by atoms with Gasteiger partial charge in [-0.25, -0.2) is 19.2 Å². The number of hydrogen-bond donors (Lipinski definition) is 1. The molecule has 1 aromatic rings. The number of benzene rings is 1. The molecule has 4 nitrogen and oxygen atoms in total. The summed E-state index contributed by atoms with van der Waals surface area (Å²) in [6.07, 6.45) is 1.50. The van der Waals surface area contributed by atoms with E-state index in [1.807, 2.05) is 0 Å². The predicted molar refractivity (Wildman–Crippen MR) is 69.6 cm³/mol. The highest BCUT2D eigenvalue weighted by Gasteiger charge is 2.44. The van der Waals surface area contributed by atoms with Gasteiger partial charge in [0.05, 0.1) is 7.11 Å². The fourth-order valence-corrected chi connectivity index (χ4v) is 2.51. The van der Waals surface area contributed by atoms with Gasteiger partial charge in [-0.2, -0.15) is 0 Å². The maximum Gasteiger partial charge on any atom is 0.327 e. The molecule has 1 N–H and O–H groups in total. The van der Waals surface area contributed by atoms with Gasteiger partial charge in [-0.05, 0) is 25.8 Å². The zero-order valence-corrected chi connectivity index (χ0v) is 11.6. The van der Waals surface area contributed by atoms with Gasteiger partial charge in [0.2, 0.25) is 0 Å². The Morgan fingerprint density at radius 2 is 2.25 bits per heavy atom. The van der Waals surface area contributed by atoms with Crippen molar-refractivity contribution in [2.45, 2.75) is 31.8 Å². The normalized spacial score (nSPS) is 23.0. The first kappa shape index (κ1) is 14.9. The number of rotatable bonds is 4. The smallest absolute Gasteiger partial charge is 0.327 e. The van der Waals surface area contributed by atoms with Gasteiger partial charge in [0.1, 0.15) is 5.54 Å². The van der Waals surface area contributed by atoms with Crippen molar-refractivity contribution < 1.29 is 18.3 Å². The molecular formula is C14H18F2N2O2. The molecule has 1 aliphatic heterocycles. The summed E-state index contributed by atoms with van der Waals surface area (Å²) in [5, 5.41) is 1.74. The van der Waals surface area contributed by atoms with Gasteiger partial charge in [-0.3, -0.25) is 4.79 Å². The molecule has 0 unspecified atom stereocenters. The molecule has 0 bridgehead atoms. The number of halogens is 2.